The molecule has 1 unspecified atom stereocenters. The number of nitriles is 1. The summed E-state index contributed by atoms with van der Waals surface area (Å²) < 4.78 is 11.7. The number of anilines is 1. The Morgan fingerprint density at radius 2 is 2.11 bits per heavy atom. The number of rotatable bonds is 7. The van der Waals surface area contributed by atoms with E-state index in [1.807, 2.05) is 30.3 Å². The van der Waals surface area contributed by atoms with Crippen molar-refractivity contribution in [1.29, 1.82) is 5.26 Å². The lowest BCUT2D eigenvalue weighted by atomic mass is 10.2. The van der Waals surface area contributed by atoms with Crippen LogP contribution in [0.3, 0.4) is 0 Å². The maximum Gasteiger partial charge on any atom is 0.225 e. The van der Waals surface area contributed by atoms with Gasteiger partial charge in [0.05, 0.1) is 10.6 Å². The van der Waals surface area contributed by atoms with Gasteiger partial charge in [-0.25, -0.2) is 0 Å². The molecule has 1 heterocycles. The SMILES string of the molecule is CCN(CCC(=O)Nc1ccc(C#N)c(Cl)c1)CC1COc2ccccc2O1. The number of likely N-dealkylation sites (N-methyl/N-ethyl adjacent to an activating group) is 1. The highest BCUT2D eigenvalue weighted by Crippen LogP contribution is 2.31. The van der Waals surface area contributed by atoms with Gasteiger partial charge in [-0.15, -0.1) is 0 Å². The number of hydrogen-bond donors (Lipinski definition) is 1. The van der Waals surface area contributed by atoms with Gasteiger partial charge >= 0.3 is 0 Å². The molecule has 0 saturated heterocycles. The highest BCUT2D eigenvalue weighted by atomic mass is 35.5. The molecule has 146 valence electrons. The van der Waals surface area contributed by atoms with Crippen molar-refractivity contribution in [1.82, 2.24) is 4.90 Å². The van der Waals surface area contributed by atoms with Gasteiger partial charge in [0.25, 0.3) is 0 Å². The molecule has 1 N–H and O–H groups in total. The van der Waals surface area contributed by atoms with Gasteiger partial charge in [0, 0.05) is 25.2 Å². The molecule has 0 bridgehead atoms. The number of halogens is 1. The zero-order chi connectivity index (χ0) is 19.9. The van der Waals surface area contributed by atoms with Crippen LogP contribution in [-0.2, 0) is 4.79 Å². The smallest absolute Gasteiger partial charge is 0.225 e. The number of para-hydroxylation sites is 2. The highest BCUT2D eigenvalue weighted by molar-refractivity contribution is 6.32. The molecule has 1 amide bonds. The third-order valence-corrected chi connectivity index (χ3v) is 4.82. The predicted molar refractivity (Wildman–Crippen MR) is 108 cm³/mol. The van der Waals surface area contributed by atoms with E-state index in [-0.39, 0.29) is 12.0 Å². The summed E-state index contributed by atoms with van der Waals surface area (Å²) in [5.41, 5.74) is 0.964. The number of ether oxygens (including phenoxy) is 2. The summed E-state index contributed by atoms with van der Waals surface area (Å²) in [6.45, 7) is 4.63. The first-order valence-electron chi connectivity index (χ1n) is 9.19. The normalized spacial score (nSPS) is 15.1. The van der Waals surface area contributed by atoms with Crippen LogP contribution in [0.1, 0.15) is 18.9 Å². The number of hydrogen-bond acceptors (Lipinski definition) is 5. The van der Waals surface area contributed by atoms with E-state index in [0.717, 1.165) is 18.0 Å². The van der Waals surface area contributed by atoms with Crippen molar-refractivity contribution < 1.29 is 14.3 Å². The van der Waals surface area contributed by atoms with Crippen molar-refractivity contribution in [3.05, 3.63) is 53.1 Å². The number of amides is 1. The average Bonchev–Trinajstić information content (AvgIpc) is 2.71. The molecule has 1 aliphatic rings. The summed E-state index contributed by atoms with van der Waals surface area (Å²) in [5.74, 6) is 1.41. The quantitative estimate of drug-likeness (QED) is 0.768. The van der Waals surface area contributed by atoms with Gasteiger partial charge in [0.15, 0.2) is 11.5 Å². The van der Waals surface area contributed by atoms with Gasteiger partial charge in [-0.1, -0.05) is 30.7 Å². The molecule has 0 saturated carbocycles. The first-order valence-corrected chi connectivity index (χ1v) is 9.57. The number of carbonyl (C=O) groups is 1. The number of benzene rings is 2. The highest BCUT2D eigenvalue weighted by Gasteiger charge is 2.22. The first kappa shape index (κ1) is 20.0. The fourth-order valence-corrected chi connectivity index (χ4v) is 3.21. The summed E-state index contributed by atoms with van der Waals surface area (Å²) in [4.78, 5) is 14.4. The van der Waals surface area contributed by atoms with Crippen molar-refractivity contribution >= 4 is 23.2 Å². The van der Waals surface area contributed by atoms with Crippen molar-refractivity contribution in [2.45, 2.75) is 19.4 Å². The number of nitrogens with one attached hydrogen (secondary N) is 1. The largest absolute Gasteiger partial charge is 0.486 e. The van der Waals surface area contributed by atoms with E-state index in [1.165, 1.54) is 0 Å². The monoisotopic (exact) mass is 399 g/mol. The molecule has 7 heteroatoms. The standard InChI is InChI=1S/C21H22ClN3O3/c1-2-25(13-17-14-27-19-5-3-4-6-20(19)28-17)10-9-21(26)24-16-8-7-15(12-23)18(22)11-16/h3-8,11,17H,2,9-10,13-14H2,1H3,(H,24,26). The van der Waals surface area contributed by atoms with Gasteiger partial charge in [-0.2, -0.15) is 5.26 Å². The van der Waals surface area contributed by atoms with Crippen LogP contribution in [0.4, 0.5) is 5.69 Å². The minimum Gasteiger partial charge on any atom is -0.486 e. The third-order valence-electron chi connectivity index (χ3n) is 4.50. The Kier molecular flexibility index (Phi) is 6.75. The van der Waals surface area contributed by atoms with E-state index in [1.54, 1.807) is 18.2 Å². The molecule has 28 heavy (non-hydrogen) atoms. The molecule has 3 rings (SSSR count). The van der Waals surface area contributed by atoms with Crippen LogP contribution in [0.15, 0.2) is 42.5 Å². The minimum atomic E-state index is -0.106. The summed E-state index contributed by atoms with van der Waals surface area (Å²) >= 11 is 6.00. The van der Waals surface area contributed by atoms with E-state index >= 15 is 0 Å². The maximum atomic E-state index is 12.3. The molecule has 1 atom stereocenters. The summed E-state index contributed by atoms with van der Waals surface area (Å²) in [5, 5.41) is 12.0. The third kappa shape index (κ3) is 5.16. The molecule has 0 radical (unpaired) electrons. The van der Waals surface area contributed by atoms with Gasteiger partial charge in [-0.05, 0) is 36.9 Å². The lowest BCUT2D eigenvalue weighted by Crippen LogP contribution is -2.41. The lowest BCUT2D eigenvalue weighted by Gasteiger charge is -2.30. The molecule has 2 aromatic carbocycles. The molecular weight excluding hydrogens is 378 g/mol. The molecule has 1 aliphatic heterocycles. The molecule has 2 aromatic rings. The van der Waals surface area contributed by atoms with Crippen molar-refractivity contribution in [2.75, 3.05) is 31.6 Å². The predicted octanol–water partition coefficient (Wildman–Crippen LogP) is 3.70. The Bertz CT molecular complexity index is 881. The number of nitrogens with zero attached hydrogens (tertiary/aromatic N) is 2. The Labute approximate surface area is 169 Å². The van der Waals surface area contributed by atoms with Gasteiger partial charge in [-0.3, -0.25) is 9.69 Å². The van der Waals surface area contributed by atoms with Crippen LogP contribution < -0.4 is 14.8 Å². The van der Waals surface area contributed by atoms with E-state index in [9.17, 15) is 4.79 Å². The van der Waals surface area contributed by atoms with Crippen LogP contribution in [0.25, 0.3) is 0 Å². The molecule has 0 spiro atoms. The van der Waals surface area contributed by atoms with Crippen molar-refractivity contribution in [3.8, 4) is 17.6 Å². The number of carbonyl (C=O) groups excluding carboxylic acids is 1. The lowest BCUT2D eigenvalue weighted by molar-refractivity contribution is -0.116. The van der Waals surface area contributed by atoms with Crippen LogP contribution in [0.2, 0.25) is 5.02 Å². The maximum absolute atomic E-state index is 12.3. The fraction of sp³-hybridized carbons (Fsp3) is 0.333. The summed E-state index contributed by atoms with van der Waals surface area (Å²) in [6, 6.07) is 14.5. The van der Waals surface area contributed by atoms with E-state index in [2.05, 4.69) is 17.1 Å². The number of fused-ring (bicyclic) bond motifs is 1. The topological polar surface area (TPSA) is 74.6 Å². The second-order valence-electron chi connectivity index (χ2n) is 6.50. The zero-order valence-corrected chi connectivity index (χ0v) is 16.4. The second kappa shape index (κ2) is 9.45. The molecule has 0 aliphatic carbocycles. The van der Waals surface area contributed by atoms with E-state index < -0.39 is 0 Å². The van der Waals surface area contributed by atoms with Gasteiger partial charge in [0.2, 0.25) is 5.91 Å². The Morgan fingerprint density at radius 1 is 1.32 bits per heavy atom. The van der Waals surface area contributed by atoms with E-state index in [0.29, 0.717) is 42.4 Å². The fourth-order valence-electron chi connectivity index (χ4n) is 2.99. The molecule has 0 aromatic heterocycles. The van der Waals surface area contributed by atoms with Crippen molar-refractivity contribution in [2.24, 2.45) is 0 Å². The molecule has 6 nitrogen and oxygen atoms in total. The average molecular weight is 400 g/mol. The second-order valence-corrected chi connectivity index (χ2v) is 6.90. The van der Waals surface area contributed by atoms with Crippen LogP contribution in [0.5, 0.6) is 11.5 Å². The Hall–Kier alpha value is -2.75. The van der Waals surface area contributed by atoms with Gasteiger partial charge in [0.1, 0.15) is 18.8 Å². The first-order chi connectivity index (χ1) is 13.6. The van der Waals surface area contributed by atoms with Gasteiger partial charge < -0.3 is 14.8 Å². The van der Waals surface area contributed by atoms with Crippen LogP contribution >= 0.6 is 11.6 Å². The van der Waals surface area contributed by atoms with Crippen molar-refractivity contribution in [3.63, 3.8) is 0 Å². The summed E-state index contributed by atoms with van der Waals surface area (Å²) in [7, 11) is 0. The minimum absolute atomic E-state index is 0.0738. The zero-order valence-electron chi connectivity index (χ0n) is 15.7. The Balaban J connectivity index is 1.48. The van der Waals surface area contributed by atoms with E-state index in [4.69, 9.17) is 26.3 Å². The van der Waals surface area contributed by atoms with Crippen LogP contribution in [-0.4, -0.2) is 43.2 Å². The summed E-state index contributed by atoms with van der Waals surface area (Å²) in [6.07, 6.45) is 0.269. The Morgan fingerprint density at radius 3 is 2.82 bits per heavy atom. The van der Waals surface area contributed by atoms with Crippen LogP contribution in [0, 0.1) is 11.3 Å². The molecular formula is C21H22ClN3O3. The molecule has 0 fully saturated rings.